The van der Waals surface area contributed by atoms with Crippen molar-refractivity contribution in [3.8, 4) is 0 Å². The second-order valence-electron chi connectivity index (χ2n) is 19.9. The summed E-state index contributed by atoms with van der Waals surface area (Å²) in [5.41, 5.74) is 0.834. The number of unbranched alkanes of at least 4 members (excludes halogenated alkanes) is 18. The van der Waals surface area contributed by atoms with Crippen LogP contribution < -0.4 is 0 Å². The van der Waals surface area contributed by atoms with Crippen LogP contribution in [0.1, 0.15) is 220 Å². The summed E-state index contributed by atoms with van der Waals surface area (Å²) in [5, 5.41) is 0. The number of rotatable bonds is 39. The molecule has 1 aliphatic carbocycles. The van der Waals surface area contributed by atoms with E-state index in [2.05, 4.69) is 20.4 Å². The number of likely N-dealkylation sites (tertiary alicyclic amines) is 1. The van der Waals surface area contributed by atoms with Gasteiger partial charge in [-0.15, -0.1) is 0 Å². The van der Waals surface area contributed by atoms with Gasteiger partial charge in [0.05, 0.1) is 6.42 Å². The van der Waals surface area contributed by atoms with E-state index < -0.39 is 14.8 Å². The van der Waals surface area contributed by atoms with Crippen LogP contribution >= 0.6 is 0 Å². The van der Waals surface area contributed by atoms with E-state index in [-0.39, 0.29) is 36.5 Å². The van der Waals surface area contributed by atoms with Gasteiger partial charge >= 0.3 is 8.80 Å². The molecular formula is C54H97N3O7Si. The molecule has 65 heavy (non-hydrogen) atoms. The van der Waals surface area contributed by atoms with E-state index in [1.165, 1.54) is 159 Å². The molecule has 2 heterocycles. The third-order valence-electron chi connectivity index (χ3n) is 15.4. The summed E-state index contributed by atoms with van der Waals surface area (Å²) in [6.45, 7) is 12.0. The third kappa shape index (κ3) is 19.7. The van der Waals surface area contributed by atoms with Crippen LogP contribution in [-0.2, 0) is 32.5 Å². The molecule has 5 unspecified atom stereocenters. The molecule has 2 fully saturated rings. The minimum Gasteiger partial charge on any atom is -0.377 e. The molecule has 374 valence electrons. The fourth-order valence-electron chi connectivity index (χ4n) is 11.5. The largest absolute Gasteiger partial charge is 0.500 e. The Balaban J connectivity index is 1.49. The van der Waals surface area contributed by atoms with Crippen molar-refractivity contribution in [3.63, 3.8) is 0 Å². The van der Waals surface area contributed by atoms with E-state index >= 15 is 0 Å². The molecule has 0 aromatic heterocycles. The van der Waals surface area contributed by atoms with Crippen molar-refractivity contribution in [1.82, 2.24) is 14.7 Å². The van der Waals surface area contributed by atoms with Crippen molar-refractivity contribution in [2.24, 2.45) is 23.7 Å². The lowest BCUT2D eigenvalue weighted by Crippen LogP contribution is -2.47. The Bertz CT molecular complexity index is 1380. The zero-order valence-corrected chi connectivity index (χ0v) is 43.7. The van der Waals surface area contributed by atoms with Crippen LogP contribution in [0.15, 0.2) is 24.4 Å². The molecule has 0 bridgehead atoms. The van der Waals surface area contributed by atoms with Gasteiger partial charge in [0, 0.05) is 65.2 Å². The molecule has 10 nitrogen and oxygen atoms in total. The quantitative estimate of drug-likeness (QED) is 0.0343. The molecule has 5 atom stereocenters. The molecule has 0 aromatic rings. The molecule has 11 heteroatoms. The Hall–Kier alpha value is -2.34. The van der Waals surface area contributed by atoms with Gasteiger partial charge in [0.2, 0.25) is 11.8 Å². The maximum Gasteiger partial charge on any atom is 0.500 e. The first-order chi connectivity index (χ1) is 31.6. The predicted octanol–water partition coefficient (Wildman–Crippen LogP) is 13.0. The van der Waals surface area contributed by atoms with Crippen LogP contribution in [0.25, 0.3) is 0 Å². The number of hydrogen-bond donors (Lipinski definition) is 0. The van der Waals surface area contributed by atoms with Crippen LogP contribution in [0.2, 0.25) is 6.04 Å². The molecule has 2 aliphatic heterocycles. The Morgan fingerprint density at radius 1 is 0.615 bits per heavy atom. The summed E-state index contributed by atoms with van der Waals surface area (Å²) in [4.78, 5) is 56.6. The molecule has 1 saturated heterocycles. The maximum atomic E-state index is 13.6. The highest BCUT2D eigenvalue weighted by Crippen LogP contribution is 2.48. The highest BCUT2D eigenvalue weighted by Gasteiger charge is 2.44. The molecule has 1 saturated carbocycles. The molecule has 3 rings (SSSR count). The number of imide groups is 1. The standard InChI is InChI=1S/C54H97N3O7Si/c1-8-11-13-15-21-27-34-48-46(32-25-14-12-9-2)37-38-47(33-26-20-16-18-23-29-40-55-45(4)36-39-52(55)59)49(48)35-28-22-17-19-24-30-41-57-53(60)44-50(54(57)61)56(51(58)10-3)42-31-43-65(62-5,63-6)64-7/h36,39,46-50H,4,8-35,37-38,40-44H2,1-3,5-7H3. The number of carbonyl (C=O) groups excluding carboxylic acids is 4. The van der Waals surface area contributed by atoms with Crippen LogP contribution in [0.3, 0.4) is 0 Å². The molecule has 4 amide bonds. The Labute approximate surface area is 399 Å². The molecule has 0 aromatic carbocycles. The average Bonchev–Trinajstić information content (AvgIpc) is 3.79. The van der Waals surface area contributed by atoms with Gasteiger partial charge in [-0.2, -0.15) is 0 Å². The minimum atomic E-state index is -2.81. The van der Waals surface area contributed by atoms with E-state index in [9.17, 15) is 19.2 Å². The van der Waals surface area contributed by atoms with Crippen LogP contribution in [0, 0.1) is 23.7 Å². The summed E-state index contributed by atoms with van der Waals surface area (Å²) >= 11 is 0. The van der Waals surface area contributed by atoms with Crippen molar-refractivity contribution < 1.29 is 32.5 Å². The lowest BCUT2D eigenvalue weighted by Gasteiger charge is -2.44. The van der Waals surface area contributed by atoms with Crippen molar-refractivity contribution in [2.75, 3.05) is 41.0 Å². The van der Waals surface area contributed by atoms with Gasteiger partial charge < -0.3 is 23.1 Å². The number of allylic oxidation sites excluding steroid dienone is 1. The smallest absolute Gasteiger partial charge is 0.377 e. The summed E-state index contributed by atoms with van der Waals surface area (Å²) in [5.74, 6) is 3.09. The Morgan fingerprint density at radius 2 is 1.06 bits per heavy atom. The first-order valence-electron chi connectivity index (χ1n) is 27.1. The summed E-state index contributed by atoms with van der Waals surface area (Å²) < 4.78 is 16.6. The van der Waals surface area contributed by atoms with E-state index in [4.69, 9.17) is 13.3 Å². The van der Waals surface area contributed by atoms with Crippen molar-refractivity contribution in [1.29, 1.82) is 0 Å². The van der Waals surface area contributed by atoms with Crippen LogP contribution in [0.4, 0.5) is 0 Å². The second-order valence-corrected chi connectivity index (χ2v) is 23.0. The van der Waals surface area contributed by atoms with Gasteiger partial charge in [-0.05, 0) is 74.7 Å². The molecule has 0 N–H and O–H groups in total. The highest BCUT2D eigenvalue weighted by atomic mass is 28.4. The fourth-order valence-corrected chi connectivity index (χ4v) is 13.2. The van der Waals surface area contributed by atoms with Gasteiger partial charge in [-0.1, -0.05) is 169 Å². The van der Waals surface area contributed by atoms with Crippen molar-refractivity contribution >= 4 is 32.4 Å². The average molecular weight is 928 g/mol. The first kappa shape index (κ1) is 57.0. The fraction of sp³-hybridized carbons (Fsp3) is 0.852. The number of nitrogens with zero attached hydrogens (tertiary/aromatic N) is 3. The molecule has 3 aliphatic rings. The second kappa shape index (κ2) is 33.2. The first-order valence-corrected chi connectivity index (χ1v) is 29.0. The van der Waals surface area contributed by atoms with E-state index in [1.807, 2.05) is 11.0 Å². The van der Waals surface area contributed by atoms with Crippen molar-refractivity contribution in [2.45, 2.75) is 232 Å². The van der Waals surface area contributed by atoms with Gasteiger partial charge in [0.1, 0.15) is 6.04 Å². The van der Waals surface area contributed by atoms with Gasteiger partial charge in [0.25, 0.3) is 11.8 Å². The topological polar surface area (TPSA) is 106 Å². The van der Waals surface area contributed by atoms with Crippen LogP contribution in [-0.4, -0.2) is 94.1 Å². The third-order valence-corrected chi connectivity index (χ3v) is 18.3. The molecule has 0 spiro atoms. The molecule has 0 radical (unpaired) electrons. The lowest BCUT2D eigenvalue weighted by atomic mass is 9.61. The summed E-state index contributed by atoms with van der Waals surface area (Å²) in [6.07, 6.45) is 40.8. The predicted molar refractivity (Wildman–Crippen MR) is 268 cm³/mol. The van der Waals surface area contributed by atoms with E-state index in [0.29, 0.717) is 25.6 Å². The van der Waals surface area contributed by atoms with Gasteiger partial charge in [-0.3, -0.25) is 24.1 Å². The molecular weight excluding hydrogens is 831 g/mol. The Morgan fingerprint density at radius 3 is 1.52 bits per heavy atom. The van der Waals surface area contributed by atoms with E-state index in [1.54, 1.807) is 39.2 Å². The zero-order chi connectivity index (χ0) is 47.3. The summed E-state index contributed by atoms with van der Waals surface area (Å²) in [6, 6.07) is -0.211. The zero-order valence-electron chi connectivity index (χ0n) is 42.7. The maximum absolute atomic E-state index is 13.6. The van der Waals surface area contributed by atoms with Gasteiger partial charge in [0.15, 0.2) is 0 Å². The SMILES string of the molecule is C=C1C=CC(=O)N1CCCCCCCCC1CCC(CCCCCC)C(CCCCCCCC)C1CCCCCCCCN1C(=O)CC(N(CCC[Si](OC)(OC)OC)C(=O)CC)C1=O. The van der Waals surface area contributed by atoms with Gasteiger partial charge in [-0.25, -0.2) is 0 Å². The normalized spacial score (nSPS) is 21.4. The lowest BCUT2D eigenvalue weighted by molar-refractivity contribution is -0.144. The number of carbonyl (C=O) groups is 4. The summed E-state index contributed by atoms with van der Waals surface area (Å²) in [7, 11) is 1.90. The Kier molecular flexibility index (Phi) is 29.1. The number of hydrogen-bond acceptors (Lipinski definition) is 7. The highest BCUT2D eigenvalue weighted by molar-refractivity contribution is 6.60. The monoisotopic (exact) mass is 928 g/mol. The van der Waals surface area contributed by atoms with Crippen LogP contribution in [0.5, 0.6) is 0 Å². The van der Waals surface area contributed by atoms with Crippen molar-refractivity contribution in [3.05, 3.63) is 24.4 Å². The minimum absolute atomic E-state index is 0.0614. The van der Waals surface area contributed by atoms with E-state index in [0.717, 1.165) is 61.6 Å². The number of amides is 4.